The zero-order valence-corrected chi connectivity index (χ0v) is 7.11. The van der Waals surface area contributed by atoms with Gasteiger partial charge in [-0.3, -0.25) is 0 Å². The molecule has 2 unspecified atom stereocenters. The first-order chi connectivity index (χ1) is 0. The van der Waals surface area contributed by atoms with Crippen LogP contribution in [0.1, 0.15) is 0 Å². The smallest absolute Gasteiger partial charge is 0.358 e. The quantitative estimate of drug-likeness (QED) is 0.297. The van der Waals surface area contributed by atoms with Crippen LogP contribution in [0.25, 0.3) is 0 Å². The molecule has 0 spiro atoms. The zero-order valence-electron chi connectivity index (χ0n) is 2.73. The minimum atomic E-state index is 0. The second-order valence-electron chi connectivity index (χ2n) is 0. The van der Waals surface area contributed by atoms with Crippen molar-refractivity contribution in [2.45, 2.75) is 0 Å². The summed E-state index contributed by atoms with van der Waals surface area (Å²) in [5.74, 6) is 0. The average molecular weight is 189 g/mol. The van der Waals surface area contributed by atoms with Gasteiger partial charge < -0.3 is 7.43 Å². The van der Waals surface area contributed by atoms with Crippen LogP contribution in [0.5, 0.6) is 0 Å². The molecule has 3 heteroatoms. The Hall–Kier alpha value is 1.52. The minimum Gasteiger partial charge on any atom is -0.358 e. The Bertz CT molecular complexity index is 6.00. The molecular weight excluding hydrogens is 180 g/mol. The van der Waals surface area contributed by atoms with Crippen LogP contribution in [-0.4, -0.2) is 0 Å². The number of rotatable bonds is 0. The maximum absolute atomic E-state index is 0. The van der Waals surface area contributed by atoms with Crippen molar-refractivity contribution in [3.63, 3.8) is 0 Å². The van der Waals surface area contributed by atoms with Crippen LogP contribution < -0.4 is 0 Å². The van der Waals surface area contributed by atoms with Gasteiger partial charge in [0.15, 0.2) is 0 Å². The summed E-state index contributed by atoms with van der Waals surface area (Å²) >= 11 is 0. The summed E-state index contributed by atoms with van der Waals surface area (Å²) in [7, 11) is 0. The first-order valence-electron chi connectivity index (χ1n) is 0. The predicted octanol–water partition coefficient (Wildman–Crippen LogP) is 0.564. The average Bonchev–Trinajstić information content (AvgIpc) is 0. The fourth-order valence-electron chi connectivity index (χ4n) is 0. The molecule has 0 aromatic rings. The van der Waals surface area contributed by atoms with E-state index < -0.39 is 0 Å². The van der Waals surface area contributed by atoms with E-state index in [4.69, 9.17) is 0 Å². The normalized spacial score (nSPS) is 0. The van der Waals surface area contributed by atoms with E-state index >= 15 is 0 Å². The van der Waals surface area contributed by atoms with Crippen LogP contribution in [0.4, 0.5) is 0 Å². The molecule has 2 atom stereocenters. The summed E-state index contributed by atoms with van der Waals surface area (Å²) in [6.07, 6.45) is 0. The summed E-state index contributed by atoms with van der Waals surface area (Å²) in [6, 6.07) is 0. The third kappa shape index (κ3) is 9.67. The van der Waals surface area contributed by atoms with Crippen molar-refractivity contribution in [3.05, 3.63) is 7.43 Å². The minimum absolute atomic E-state index is 0. The first kappa shape index (κ1) is 48.7. The van der Waals surface area contributed by atoms with E-state index in [2.05, 4.69) is 0 Å². The Morgan fingerprint density at radius 1 is 0.750 bits per heavy atom. The largest absolute Gasteiger partial charge is 2.00 e. The molecular formula is CH9P2Pd+. The molecule has 0 amide bonds. The summed E-state index contributed by atoms with van der Waals surface area (Å²) in [5, 5.41) is 0. The third-order valence-corrected chi connectivity index (χ3v) is 0. The van der Waals surface area contributed by atoms with Gasteiger partial charge in [0.1, 0.15) is 0 Å². The number of hydrogen-bond donors (Lipinski definition) is 0. The van der Waals surface area contributed by atoms with Gasteiger partial charge in [0.25, 0.3) is 0 Å². The molecule has 0 radical (unpaired) electrons. The van der Waals surface area contributed by atoms with E-state index in [1.165, 1.54) is 0 Å². The Morgan fingerprint density at radius 2 is 0.750 bits per heavy atom. The van der Waals surface area contributed by atoms with Gasteiger partial charge in [0.2, 0.25) is 0 Å². The van der Waals surface area contributed by atoms with Crippen molar-refractivity contribution in [2.75, 3.05) is 0 Å². The van der Waals surface area contributed by atoms with E-state index in [0.717, 1.165) is 0 Å². The number of hydrogen-bond acceptors (Lipinski definition) is 0. The molecule has 4 heavy (non-hydrogen) atoms. The molecule has 0 aliphatic rings. The van der Waals surface area contributed by atoms with E-state index in [9.17, 15) is 0 Å². The predicted molar refractivity (Wildman–Crippen MR) is 28.6 cm³/mol. The molecule has 0 rings (SSSR count). The van der Waals surface area contributed by atoms with Gasteiger partial charge in [-0.15, -0.1) is 0 Å². The van der Waals surface area contributed by atoms with Gasteiger partial charge in [0.05, 0.1) is 0 Å². The summed E-state index contributed by atoms with van der Waals surface area (Å²) in [4.78, 5) is 0. The molecule has 0 saturated carbocycles. The Labute approximate surface area is 48.0 Å². The van der Waals surface area contributed by atoms with E-state index in [1.54, 1.807) is 0 Å². The van der Waals surface area contributed by atoms with E-state index in [0.29, 0.717) is 0 Å². The second kappa shape index (κ2) is 24.2. The van der Waals surface area contributed by atoms with Crippen LogP contribution in [0, 0.1) is 7.43 Å². The maximum Gasteiger partial charge on any atom is 2.00 e. The van der Waals surface area contributed by atoms with Gasteiger partial charge >= 0.3 is 20.4 Å². The first-order valence-corrected chi connectivity index (χ1v) is 0. The SMILES string of the molecule is P.P.[CH3-].[Pd+2]. The molecule has 0 aliphatic heterocycles. The van der Waals surface area contributed by atoms with Gasteiger partial charge in [0, 0.05) is 0 Å². The molecule has 0 aliphatic carbocycles. The van der Waals surface area contributed by atoms with E-state index in [1.807, 2.05) is 0 Å². The standard InChI is InChI=1S/CH3.2H3P.Pd/h3*1H3;/q-1;;;+2. The fourth-order valence-corrected chi connectivity index (χ4v) is 0. The summed E-state index contributed by atoms with van der Waals surface area (Å²) in [6.45, 7) is 0. The van der Waals surface area contributed by atoms with Crippen molar-refractivity contribution in [2.24, 2.45) is 0 Å². The zero-order chi connectivity index (χ0) is 0. The molecule has 0 nitrogen and oxygen atoms in total. The van der Waals surface area contributed by atoms with Crippen LogP contribution in [0.2, 0.25) is 0 Å². The van der Waals surface area contributed by atoms with Crippen LogP contribution in [0.3, 0.4) is 0 Å². The van der Waals surface area contributed by atoms with Gasteiger partial charge in [-0.05, 0) is 0 Å². The maximum atomic E-state index is 0. The van der Waals surface area contributed by atoms with Crippen molar-refractivity contribution >= 4 is 19.8 Å². The van der Waals surface area contributed by atoms with Crippen LogP contribution in [0.15, 0.2) is 0 Å². The van der Waals surface area contributed by atoms with Crippen molar-refractivity contribution < 1.29 is 20.4 Å². The molecule has 0 fully saturated rings. The fraction of sp³-hybridized carbons (Fsp3) is 0. The van der Waals surface area contributed by atoms with Crippen molar-refractivity contribution in [3.8, 4) is 0 Å². The van der Waals surface area contributed by atoms with Crippen molar-refractivity contribution in [1.82, 2.24) is 0 Å². The molecule has 0 aromatic carbocycles. The Kier molecular flexibility index (Phi) is 295. The summed E-state index contributed by atoms with van der Waals surface area (Å²) < 4.78 is 0. The molecule has 0 N–H and O–H groups in total. The molecule has 0 bridgehead atoms. The third-order valence-electron chi connectivity index (χ3n) is 0. The van der Waals surface area contributed by atoms with E-state index in [-0.39, 0.29) is 47.6 Å². The Morgan fingerprint density at radius 3 is 0.750 bits per heavy atom. The van der Waals surface area contributed by atoms with Crippen molar-refractivity contribution in [1.29, 1.82) is 0 Å². The topological polar surface area (TPSA) is 0 Å². The Balaban J connectivity index is 0. The van der Waals surface area contributed by atoms with Gasteiger partial charge in [-0.2, -0.15) is 19.8 Å². The van der Waals surface area contributed by atoms with Gasteiger partial charge in [-0.1, -0.05) is 0 Å². The van der Waals surface area contributed by atoms with Gasteiger partial charge in [-0.25, -0.2) is 0 Å². The van der Waals surface area contributed by atoms with Crippen LogP contribution >= 0.6 is 19.8 Å². The molecule has 0 saturated heterocycles. The molecule has 0 aromatic heterocycles. The monoisotopic (exact) mass is 189 g/mol. The summed E-state index contributed by atoms with van der Waals surface area (Å²) in [5.41, 5.74) is 0. The molecule has 32 valence electrons. The molecule has 0 heterocycles. The second-order valence-corrected chi connectivity index (χ2v) is 0. The van der Waals surface area contributed by atoms with Crippen LogP contribution in [-0.2, 0) is 20.4 Å².